The predicted molar refractivity (Wildman–Crippen MR) is 74.8 cm³/mol. The number of para-hydroxylation sites is 1. The van der Waals surface area contributed by atoms with Crippen molar-refractivity contribution >= 4 is 10.9 Å². The topological polar surface area (TPSA) is 34.1 Å². The van der Waals surface area contributed by atoms with Gasteiger partial charge in [-0.1, -0.05) is 18.2 Å². The number of rotatable bonds is 6. The van der Waals surface area contributed by atoms with Gasteiger partial charge in [-0.25, -0.2) is 0 Å². The van der Waals surface area contributed by atoms with Gasteiger partial charge in [0.05, 0.1) is 5.52 Å². The van der Waals surface area contributed by atoms with Crippen LogP contribution in [0.3, 0.4) is 0 Å². The zero-order chi connectivity index (χ0) is 12.8. The van der Waals surface area contributed by atoms with Crippen molar-refractivity contribution in [3.63, 3.8) is 0 Å². The molecule has 0 aliphatic carbocycles. The van der Waals surface area contributed by atoms with Gasteiger partial charge in [-0.2, -0.15) is 0 Å². The number of aromatic nitrogens is 1. The van der Waals surface area contributed by atoms with Crippen molar-refractivity contribution in [2.45, 2.75) is 18.9 Å². The van der Waals surface area contributed by atoms with E-state index in [1.165, 1.54) is 10.9 Å². The molecule has 1 unspecified atom stereocenters. The molecule has 1 aromatic heterocycles. The molecular formula is C15H20N2O. The summed E-state index contributed by atoms with van der Waals surface area (Å²) in [5.74, 6) is 0. The van der Waals surface area contributed by atoms with Crippen LogP contribution in [0.1, 0.15) is 12.0 Å². The van der Waals surface area contributed by atoms with E-state index in [1.807, 2.05) is 19.3 Å². The molecule has 0 aliphatic heterocycles. The van der Waals surface area contributed by atoms with Crippen molar-refractivity contribution in [1.82, 2.24) is 10.3 Å². The maximum absolute atomic E-state index is 5.15. The Morgan fingerprint density at radius 3 is 2.89 bits per heavy atom. The number of pyridine rings is 1. The molecule has 3 nitrogen and oxygen atoms in total. The first-order valence-corrected chi connectivity index (χ1v) is 6.34. The van der Waals surface area contributed by atoms with Crippen molar-refractivity contribution in [2.75, 3.05) is 20.8 Å². The van der Waals surface area contributed by atoms with E-state index >= 15 is 0 Å². The van der Waals surface area contributed by atoms with Gasteiger partial charge in [-0.15, -0.1) is 0 Å². The maximum Gasteiger partial charge on any atom is 0.0704 e. The Morgan fingerprint density at radius 2 is 2.11 bits per heavy atom. The van der Waals surface area contributed by atoms with Crippen molar-refractivity contribution in [3.05, 3.63) is 42.1 Å². The number of hydrogen-bond acceptors (Lipinski definition) is 3. The number of fused-ring (bicyclic) bond motifs is 1. The fourth-order valence-corrected chi connectivity index (χ4v) is 2.21. The highest BCUT2D eigenvalue weighted by molar-refractivity contribution is 5.81. The van der Waals surface area contributed by atoms with Crippen LogP contribution >= 0.6 is 0 Å². The first-order chi connectivity index (χ1) is 8.85. The summed E-state index contributed by atoms with van der Waals surface area (Å²) in [6.45, 7) is 0.786. The van der Waals surface area contributed by atoms with E-state index in [0.29, 0.717) is 6.04 Å². The molecule has 1 aromatic carbocycles. The standard InChI is InChI=1S/C15H20N2O/c1-16-13(8-10-18-2)11-12-7-9-17-15-6-4-3-5-14(12)15/h3-7,9,13,16H,8,10-11H2,1-2H3. The predicted octanol–water partition coefficient (Wildman–Crippen LogP) is 2.40. The molecule has 3 heteroatoms. The van der Waals surface area contributed by atoms with E-state index in [2.05, 4.69) is 34.6 Å². The Kier molecular flexibility index (Phi) is 4.67. The smallest absolute Gasteiger partial charge is 0.0704 e. The number of nitrogens with zero attached hydrogens (tertiary/aromatic N) is 1. The third-order valence-electron chi connectivity index (χ3n) is 3.28. The van der Waals surface area contributed by atoms with Crippen LogP contribution in [0, 0.1) is 0 Å². The summed E-state index contributed by atoms with van der Waals surface area (Å²) in [7, 11) is 3.75. The van der Waals surface area contributed by atoms with Gasteiger partial charge < -0.3 is 10.1 Å². The van der Waals surface area contributed by atoms with Crippen molar-refractivity contribution in [3.8, 4) is 0 Å². The van der Waals surface area contributed by atoms with Crippen molar-refractivity contribution in [2.24, 2.45) is 0 Å². The van der Waals surface area contributed by atoms with Crippen LogP contribution in [0.15, 0.2) is 36.5 Å². The Labute approximate surface area is 108 Å². The summed E-state index contributed by atoms with van der Waals surface area (Å²) in [5.41, 5.74) is 2.41. The second kappa shape index (κ2) is 6.47. The minimum Gasteiger partial charge on any atom is -0.385 e. The van der Waals surface area contributed by atoms with Gasteiger partial charge in [-0.05, 0) is 37.6 Å². The molecule has 0 amide bonds. The lowest BCUT2D eigenvalue weighted by molar-refractivity contribution is 0.184. The van der Waals surface area contributed by atoms with Gasteiger partial charge in [-0.3, -0.25) is 4.98 Å². The van der Waals surface area contributed by atoms with Crippen LogP contribution < -0.4 is 5.32 Å². The van der Waals surface area contributed by atoms with Crippen molar-refractivity contribution in [1.29, 1.82) is 0 Å². The molecule has 0 radical (unpaired) electrons. The number of hydrogen-bond donors (Lipinski definition) is 1. The molecule has 0 saturated heterocycles. The molecule has 2 aromatic rings. The van der Waals surface area contributed by atoms with Crippen LogP contribution in [0.5, 0.6) is 0 Å². The van der Waals surface area contributed by atoms with Crippen LogP contribution in [-0.2, 0) is 11.2 Å². The molecule has 0 fully saturated rings. The monoisotopic (exact) mass is 244 g/mol. The zero-order valence-electron chi connectivity index (χ0n) is 11.0. The second-order valence-corrected chi connectivity index (χ2v) is 4.46. The van der Waals surface area contributed by atoms with E-state index in [9.17, 15) is 0 Å². The number of methoxy groups -OCH3 is 1. The Balaban J connectivity index is 2.19. The lowest BCUT2D eigenvalue weighted by atomic mass is 10.0. The van der Waals surface area contributed by atoms with Gasteiger partial charge in [0.25, 0.3) is 0 Å². The van der Waals surface area contributed by atoms with E-state index < -0.39 is 0 Å². The summed E-state index contributed by atoms with van der Waals surface area (Å²) >= 11 is 0. The number of nitrogens with one attached hydrogen (secondary N) is 1. The molecule has 1 atom stereocenters. The molecule has 0 aliphatic rings. The van der Waals surface area contributed by atoms with Crippen LogP contribution in [0.25, 0.3) is 10.9 Å². The summed E-state index contributed by atoms with van der Waals surface area (Å²) in [4.78, 5) is 4.39. The minimum atomic E-state index is 0.441. The average Bonchev–Trinajstić information content (AvgIpc) is 2.43. The molecule has 18 heavy (non-hydrogen) atoms. The van der Waals surface area contributed by atoms with Crippen LogP contribution in [-0.4, -0.2) is 31.8 Å². The third-order valence-corrected chi connectivity index (χ3v) is 3.28. The fourth-order valence-electron chi connectivity index (χ4n) is 2.21. The molecule has 1 N–H and O–H groups in total. The number of ether oxygens (including phenoxy) is 1. The van der Waals surface area contributed by atoms with Gasteiger partial charge in [0, 0.05) is 31.3 Å². The zero-order valence-corrected chi connectivity index (χ0v) is 11.0. The normalized spacial score (nSPS) is 12.8. The SMILES string of the molecule is CNC(CCOC)Cc1ccnc2ccccc12. The Bertz CT molecular complexity index is 493. The highest BCUT2D eigenvalue weighted by atomic mass is 16.5. The lowest BCUT2D eigenvalue weighted by Crippen LogP contribution is -2.29. The van der Waals surface area contributed by atoms with Gasteiger partial charge in [0.15, 0.2) is 0 Å². The van der Waals surface area contributed by atoms with E-state index in [-0.39, 0.29) is 0 Å². The fraction of sp³-hybridized carbons (Fsp3) is 0.400. The van der Waals surface area contributed by atoms with Crippen LogP contribution in [0.2, 0.25) is 0 Å². The highest BCUT2D eigenvalue weighted by Gasteiger charge is 2.09. The largest absolute Gasteiger partial charge is 0.385 e. The molecule has 0 bridgehead atoms. The Morgan fingerprint density at radius 1 is 1.28 bits per heavy atom. The molecule has 0 spiro atoms. The maximum atomic E-state index is 5.15. The molecule has 2 rings (SSSR count). The van der Waals surface area contributed by atoms with Crippen LogP contribution in [0.4, 0.5) is 0 Å². The lowest BCUT2D eigenvalue weighted by Gasteiger charge is -2.16. The Hall–Kier alpha value is -1.45. The number of likely N-dealkylation sites (N-methyl/N-ethyl adjacent to an activating group) is 1. The van der Waals surface area contributed by atoms with E-state index in [0.717, 1.165) is 25.0 Å². The molecule has 0 saturated carbocycles. The number of benzene rings is 1. The minimum absolute atomic E-state index is 0.441. The average molecular weight is 244 g/mol. The summed E-state index contributed by atoms with van der Waals surface area (Å²) in [6, 6.07) is 10.8. The quantitative estimate of drug-likeness (QED) is 0.847. The second-order valence-electron chi connectivity index (χ2n) is 4.46. The van der Waals surface area contributed by atoms with Crippen molar-refractivity contribution < 1.29 is 4.74 Å². The molecule has 96 valence electrons. The van der Waals surface area contributed by atoms with E-state index in [4.69, 9.17) is 4.74 Å². The first-order valence-electron chi connectivity index (χ1n) is 6.34. The first kappa shape index (κ1) is 13.0. The highest BCUT2D eigenvalue weighted by Crippen LogP contribution is 2.18. The molecular weight excluding hydrogens is 224 g/mol. The molecule has 1 heterocycles. The van der Waals surface area contributed by atoms with Gasteiger partial charge >= 0.3 is 0 Å². The summed E-state index contributed by atoms with van der Waals surface area (Å²) < 4.78 is 5.15. The van der Waals surface area contributed by atoms with Gasteiger partial charge in [0.1, 0.15) is 0 Å². The van der Waals surface area contributed by atoms with Gasteiger partial charge in [0.2, 0.25) is 0 Å². The van der Waals surface area contributed by atoms with E-state index in [1.54, 1.807) is 7.11 Å². The summed E-state index contributed by atoms with van der Waals surface area (Å²) in [5, 5.41) is 4.60. The summed E-state index contributed by atoms with van der Waals surface area (Å²) in [6.07, 6.45) is 3.91. The third kappa shape index (κ3) is 3.06.